The first-order valence-corrected chi connectivity index (χ1v) is 9.54. The Labute approximate surface area is 179 Å². The maximum atomic E-state index is 13.5. The lowest BCUT2D eigenvalue weighted by molar-refractivity contribution is -0.633. The van der Waals surface area contributed by atoms with Crippen molar-refractivity contribution >= 4 is 56.9 Å². The molecular formula is C22H13Cl2FNO4+. The number of carbonyl (C=O) groups is 2. The van der Waals surface area contributed by atoms with Crippen LogP contribution in [-0.2, 0) is 11.3 Å². The largest absolute Gasteiger partial charge is 0.477 e. The van der Waals surface area contributed by atoms with E-state index in [1.165, 1.54) is 0 Å². The average Bonchev–Trinajstić information content (AvgIpc) is 2.70. The number of hydrogen-bond acceptors (Lipinski definition) is 3. The molecule has 0 aliphatic heterocycles. The van der Waals surface area contributed by atoms with Gasteiger partial charge in [0.2, 0.25) is 17.6 Å². The molecule has 0 radical (unpaired) electrons. The lowest BCUT2D eigenvalue weighted by Gasteiger charge is -2.12. The lowest BCUT2D eigenvalue weighted by atomic mass is 10.0. The summed E-state index contributed by atoms with van der Waals surface area (Å²) in [5.41, 5.74) is 1.31. The number of halogens is 3. The summed E-state index contributed by atoms with van der Waals surface area (Å²) in [5.74, 6) is -2.58. The smallest absolute Gasteiger partial charge is 0.370 e. The van der Waals surface area contributed by atoms with Crippen molar-refractivity contribution < 1.29 is 28.4 Å². The van der Waals surface area contributed by atoms with Gasteiger partial charge in [-0.05, 0) is 24.3 Å². The van der Waals surface area contributed by atoms with Gasteiger partial charge in [0.1, 0.15) is 5.82 Å². The van der Waals surface area contributed by atoms with Crippen LogP contribution in [0.1, 0.15) is 10.4 Å². The molecule has 4 aromatic rings. The number of rotatable bonds is 4. The highest BCUT2D eigenvalue weighted by molar-refractivity contribution is 6.37. The molecule has 0 saturated carbocycles. The molecule has 3 aromatic carbocycles. The third kappa shape index (κ3) is 3.56. The number of carbonyl (C=O) groups excluding carboxylic acids is 1. The fourth-order valence-electron chi connectivity index (χ4n) is 3.41. The molecule has 0 bridgehead atoms. The zero-order valence-electron chi connectivity index (χ0n) is 15.2. The first-order chi connectivity index (χ1) is 14.4. The van der Waals surface area contributed by atoms with Crippen molar-refractivity contribution in [2.45, 2.75) is 6.54 Å². The van der Waals surface area contributed by atoms with Crippen LogP contribution in [0, 0.1) is 5.82 Å². The molecule has 0 fully saturated rings. The van der Waals surface area contributed by atoms with Crippen molar-refractivity contribution in [3.63, 3.8) is 0 Å². The standard InChI is InChI=1S/C22H12Cl2FNO4/c23-15-9-12(25)10-16(24)21(15)30-22(29)20-13-5-1-3-7-17(13)26(11-19(27)28)18-8-4-2-6-14(18)20/h1-10H,11H2/p+1. The fraction of sp³-hybridized carbons (Fsp3) is 0.0455. The molecule has 5 nitrogen and oxygen atoms in total. The van der Waals surface area contributed by atoms with Gasteiger partial charge in [-0.25, -0.2) is 14.0 Å². The normalized spacial score (nSPS) is 11.0. The Balaban J connectivity index is 1.97. The van der Waals surface area contributed by atoms with E-state index in [1.807, 2.05) is 0 Å². The van der Waals surface area contributed by atoms with Gasteiger partial charge >= 0.3 is 11.9 Å². The number of benzene rings is 3. The van der Waals surface area contributed by atoms with Crippen LogP contribution in [-0.4, -0.2) is 17.0 Å². The van der Waals surface area contributed by atoms with E-state index >= 15 is 0 Å². The topological polar surface area (TPSA) is 67.5 Å². The van der Waals surface area contributed by atoms with E-state index in [0.717, 1.165) is 12.1 Å². The summed E-state index contributed by atoms with van der Waals surface area (Å²) >= 11 is 12.0. The van der Waals surface area contributed by atoms with E-state index < -0.39 is 17.8 Å². The minimum atomic E-state index is -1.02. The maximum Gasteiger partial charge on any atom is 0.370 e. The summed E-state index contributed by atoms with van der Waals surface area (Å²) in [7, 11) is 0. The van der Waals surface area contributed by atoms with Crippen LogP contribution in [0.2, 0.25) is 10.0 Å². The Bertz CT molecular complexity index is 1260. The van der Waals surface area contributed by atoms with E-state index in [9.17, 15) is 19.1 Å². The Morgan fingerprint density at radius 3 is 1.93 bits per heavy atom. The lowest BCUT2D eigenvalue weighted by Crippen LogP contribution is -2.40. The summed E-state index contributed by atoms with van der Waals surface area (Å²) in [4.78, 5) is 24.7. The number of para-hydroxylation sites is 2. The molecule has 8 heteroatoms. The van der Waals surface area contributed by atoms with E-state index in [2.05, 4.69) is 0 Å². The molecule has 0 atom stereocenters. The van der Waals surface area contributed by atoms with Gasteiger partial charge in [0.15, 0.2) is 5.75 Å². The molecular weight excluding hydrogens is 432 g/mol. The van der Waals surface area contributed by atoms with Crippen LogP contribution in [0.15, 0.2) is 60.7 Å². The second kappa shape index (κ2) is 7.89. The molecule has 1 aromatic heterocycles. The number of hydrogen-bond donors (Lipinski definition) is 1. The monoisotopic (exact) mass is 444 g/mol. The highest BCUT2D eigenvalue weighted by Gasteiger charge is 2.27. The predicted molar refractivity (Wildman–Crippen MR) is 111 cm³/mol. The van der Waals surface area contributed by atoms with Crippen LogP contribution in [0.5, 0.6) is 5.75 Å². The van der Waals surface area contributed by atoms with Crippen molar-refractivity contribution in [3.8, 4) is 5.75 Å². The van der Waals surface area contributed by atoms with Crippen LogP contribution >= 0.6 is 23.2 Å². The van der Waals surface area contributed by atoms with Gasteiger partial charge in [0.25, 0.3) is 0 Å². The van der Waals surface area contributed by atoms with E-state index in [0.29, 0.717) is 21.8 Å². The Morgan fingerprint density at radius 1 is 0.933 bits per heavy atom. The fourth-order valence-corrected chi connectivity index (χ4v) is 3.95. The van der Waals surface area contributed by atoms with Crippen LogP contribution in [0.25, 0.3) is 21.8 Å². The number of aromatic nitrogens is 1. The molecule has 150 valence electrons. The SMILES string of the molecule is O=C(O)C[n+]1c2ccccc2c(C(=O)Oc2c(Cl)cc(F)cc2Cl)c2ccccc21. The summed E-state index contributed by atoms with van der Waals surface area (Å²) in [5, 5.41) is 10.1. The highest BCUT2D eigenvalue weighted by atomic mass is 35.5. The molecule has 0 amide bonds. The van der Waals surface area contributed by atoms with Crippen molar-refractivity contribution in [1.82, 2.24) is 0 Å². The third-order valence-corrected chi connectivity index (χ3v) is 5.15. The van der Waals surface area contributed by atoms with Crippen LogP contribution < -0.4 is 9.30 Å². The summed E-state index contributed by atoms with van der Waals surface area (Å²) in [6, 6.07) is 15.8. The molecule has 4 rings (SSSR count). The Morgan fingerprint density at radius 2 is 1.43 bits per heavy atom. The highest BCUT2D eigenvalue weighted by Crippen LogP contribution is 2.35. The minimum absolute atomic E-state index is 0.140. The van der Waals surface area contributed by atoms with E-state index in [1.54, 1.807) is 53.1 Å². The summed E-state index contributed by atoms with van der Waals surface area (Å²) < 4.78 is 20.5. The van der Waals surface area contributed by atoms with Crippen molar-refractivity contribution in [3.05, 3.63) is 82.1 Å². The van der Waals surface area contributed by atoms with Gasteiger partial charge in [-0.15, -0.1) is 0 Å². The number of pyridine rings is 1. The van der Waals surface area contributed by atoms with Gasteiger partial charge in [0, 0.05) is 12.1 Å². The molecule has 0 spiro atoms. The maximum absolute atomic E-state index is 13.5. The van der Waals surface area contributed by atoms with Gasteiger partial charge in [-0.3, -0.25) is 0 Å². The third-order valence-electron chi connectivity index (χ3n) is 4.58. The second-order valence-electron chi connectivity index (χ2n) is 6.48. The van der Waals surface area contributed by atoms with E-state index in [-0.39, 0.29) is 27.9 Å². The van der Waals surface area contributed by atoms with Gasteiger partial charge in [0.05, 0.1) is 26.4 Å². The van der Waals surface area contributed by atoms with Gasteiger partial charge < -0.3 is 9.84 Å². The van der Waals surface area contributed by atoms with Crippen LogP contribution in [0.4, 0.5) is 4.39 Å². The first-order valence-electron chi connectivity index (χ1n) is 8.78. The number of carboxylic acids is 1. The number of aliphatic carboxylic acids is 1. The second-order valence-corrected chi connectivity index (χ2v) is 7.29. The number of carboxylic acid groups (broad SMARTS) is 1. The molecule has 0 aliphatic carbocycles. The quantitative estimate of drug-likeness (QED) is 0.207. The average molecular weight is 445 g/mol. The summed E-state index contributed by atoms with van der Waals surface area (Å²) in [6.07, 6.45) is 0. The first kappa shape index (κ1) is 20.1. The summed E-state index contributed by atoms with van der Waals surface area (Å²) in [6.45, 7) is -0.286. The van der Waals surface area contributed by atoms with Crippen molar-refractivity contribution in [2.24, 2.45) is 0 Å². The molecule has 0 aliphatic rings. The zero-order valence-corrected chi connectivity index (χ0v) is 16.7. The Kier molecular flexibility index (Phi) is 5.28. The number of fused-ring (bicyclic) bond motifs is 2. The number of ether oxygens (including phenoxy) is 1. The molecule has 1 heterocycles. The molecule has 0 saturated heterocycles. The number of nitrogens with zero attached hydrogens (tertiary/aromatic N) is 1. The van der Waals surface area contributed by atoms with Gasteiger partial charge in [-0.2, -0.15) is 4.57 Å². The minimum Gasteiger partial charge on any atom is -0.477 e. The number of esters is 1. The van der Waals surface area contributed by atoms with Crippen molar-refractivity contribution in [1.29, 1.82) is 0 Å². The molecule has 1 N–H and O–H groups in total. The van der Waals surface area contributed by atoms with Crippen molar-refractivity contribution in [2.75, 3.05) is 0 Å². The molecule has 30 heavy (non-hydrogen) atoms. The van der Waals surface area contributed by atoms with Gasteiger partial charge in [-0.1, -0.05) is 47.5 Å². The van der Waals surface area contributed by atoms with E-state index in [4.69, 9.17) is 27.9 Å². The van der Waals surface area contributed by atoms with Crippen LogP contribution in [0.3, 0.4) is 0 Å². The predicted octanol–water partition coefficient (Wildman–Crippen LogP) is 5.03. The Hall–Kier alpha value is -3.22. The molecule has 0 unspecified atom stereocenters. The zero-order chi connectivity index (χ0) is 21.4.